The van der Waals surface area contributed by atoms with E-state index in [4.69, 9.17) is 37.8 Å². The number of benzene rings is 4. The third-order valence-electron chi connectivity index (χ3n) is 6.96. The number of aromatic nitrogens is 1. The number of hydrazone groups is 1. The number of halogens is 2. The van der Waals surface area contributed by atoms with Crippen LogP contribution in [0.15, 0.2) is 96.1 Å². The lowest BCUT2D eigenvalue weighted by atomic mass is 9.93. The van der Waals surface area contributed by atoms with E-state index in [-0.39, 0.29) is 6.04 Å². The molecule has 7 heteroatoms. The van der Waals surface area contributed by atoms with Gasteiger partial charge in [0.25, 0.3) is 0 Å². The van der Waals surface area contributed by atoms with E-state index in [0.29, 0.717) is 22.2 Å². The molecule has 1 unspecified atom stereocenters. The van der Waals surface area contributed by atoms with Crippen molar-refractivity contribution in [2.45, 2.75) is 12.5 Å². The van der Waals surface area contributed by atoms with Crippen molar-refractivity contribution in [3.63, 3.8) is 0 Å². The molecule has 0 radical (unpaired) electrons. The largest absolute Gasteiger partial charge is 0.497 e. The van der Waals surface area contributed by atoms with Crippen LogP contribution in [0, 0.1) is 0 Å². The molecule has 38 heavy (non-hydrogen) atoms. The second-order valence-electron chi connectivity index (χ2n) is 9.10. The first-order valence-electron chi connectivity index (χ1n) is 12.3. The van der Waals surface area contributed by atoms with E-state index >= 15 is 0 Å². The summed E-state index contributed by atoms with van der Waals surface area (Å²) in [6.45, 7) is 0. The second-order valence-corrected chi connectivity index (χ2v) is 9.91. The summed E-state index contributed by atoms with van der Waals surface area (Å²) >= 11 is 13.5. The molecule has 2 heterocycles. The molecule has 5 aromatic rings. The highest BCUT2D eigenvalue weighted by Gasteiger charge is 2.35. The minimum atomic E-state index is -0.155. The Labute approximate surface area is 231 Å². The number of anilines is 1. The molecular weight excluding hydrogens is 517 g/mol. The van der Waals surface area contributed by atoms with Crippen molar-refractivity contribution < 1.29 is 9.47 Å². The predicted molar refractivity (Wildman–Crippen MR) is 156 cm³/mol. The van der Waals surface area contributed by atoms with E-state index in [1.54, 1.807) is 14.2 Å². The summed E-state index contributed by atoms with van der Waals surface area (Å²) in [6.07, 6.45) is 0.666. The smallest absolute Gasteiger partial charge is 0.118 e. The third kappa shape index (κ3) is 4.28. The van der Waals surface area contributed by atoms with Crippen LogP contribution in [0.5, 0.6) is 11.5 Å². The number of para-hydroxylation sites is 2. The molecule has 4 aromatic carbocycles. The lowest BCUT2D eigenvalue weighted by molar-refractivity contribution is 0.414. The third-order valence-corrected chi connectivity index (χ3v) is 7.57. The molecule has 1 aliphatic rings. The number of hydrogen-bond donors (Lipinski definition) is 1. The minimum Gasteiger partial charge on any atom is -0.497 e. The number of fused-ring (bicyclic) bond motifs is 1. The molecule has 1 N–H and O–H groups in total. The molecule has 1 aliphatic heterocycles. The maximum absolute atomic E-state index is 6.74. The van der Waals surface area contributed by atoms with Gasteiger partial charge in [-0.15, -0.1) is 0 Å². The van der Waals surface area contributed by atoms with Crippen LogP contribution < -0.4 is 14.5 Å². The first-order chi connectivity index (χ1) is 18.6. The van der Waals surface area contributed by atoms with E-state index in [9.17, 15) is 0 Å². The molecule has 0 saturated heterocycles. The van der Waals surface area contributed by atoms with Gasteiger partial charge < -0.3 is 14.5 Å². The van der Waals surface area contributed by atoms with Gasteiger partial charge in [-0.3, -0.25) is 5.01 Å². The summed E-state index contributed by atoms with van der Waals surface area (Å²) in [5.74, 6) is 1.61. The van der Waals surface area contributed by atoms with E-state index in [0.717, 1.165) is 50.5 Å². The summed E-state index contributed by atoms with van der Waals surface area (Å²) in [5, 5.41) is 9.32. The fourth-order valence-corrected chi connectivity index (χ4v) is 5.67. The van der Waals surface area contributed by atoms with Gasteiger partial charge in [-0.25, -0.2) is 0 Å². The van der Waals surface area contributed by atoms with Gasteiger partial charge in [0, 0.05) is 22.9 Å². The Morgan fingerprint density at radius 2 is 1.37 bits per heavy atom. The van der Waals surface area contributed by atoms with Gasteiger partial charge in [0.1, 0.15) is 11.5 Å². The van der Waals surface area contributed by atoms with Crippen molar-refractivity contribution in [2.24, 2.45) is 5.10 Å². The maximum atomic E-state index is 6.74. The lowest BCUT2D eigenvalue weighted by Gasteiger charge is -2.26. The Balaban J connectivity index is 1.55. The molecule has 0 saturated carbocycles. The van der Waals surface area contributed by atoms with Crippen LogP contribution in [0.1, 0.15) is 23.6 Å². The van der Waals surface area contributed by atoms with Crippen molar-refractivity contribution in [3.05, 3.63) is 112 Å². The van der Waals surface area contributed by atoms with E-state index in [1.807, 2.05) is 65.7 Å². The highest BCUT2D eigenvalue weighted by Crippen LogP contribution is 2.47. The fourth-order valence-electron chi connectivity index (χ4n) is 5.10. The molecule has 0 aliphatic carbocycles. The van der Waals surface area contributed by atoms with E-state index < -0.39 is 0 Å². The topological polar surface area (TPSA) is 49.9 Å². The monoisotopic (exact) mass is 541 g/mol. The van der Waals surface area contributed by atoms with Crippen LogP contribution in [-0.2, 0) is 0 Å². The zero-order valence-corrected chi connectivity index (χ0v) is 22.4. The normalized spacial score (nSPS) is 15.1. The molecule has 190 valence electrons. The summed E-state index contributed by atoms with van der Waals surface area (Å²) < 4.78 is 10.8. The Morgan fingerprint density at radius 1 is 0.763 bits per heavy atom. The predicted octanol–water partition coefficient (Wildman–Crippen LogP) is 8.51. The molecule has 5 nitrogen and oxygen atoms in total. The van der Waals surface area contributed by atoms with Crippen LogP contribution in [0.3, 0.4) is 0 Å². The van der Waals surface area contributed by atoms with E-state index in [1.165, 1.54) is 0 Å². The average molecular weight is 542 g/mol. The van der Waals surface area contributed by atoms with Gasteiger partial charge in [0.15, 0.2) is 0 Å². The molecular formula is C31H25Cl2N3O2. The minimum absolute atomic E-state index is 0.155. The van der Waals surface area contributed by atoms with Gasteiger partial charge in [-0.1, -0.05) is 47.5 Å². The molecule has 1 aromatic heterocycles. The zero-order chi connectivity index (χ0) is 26.2. The first-order valence-corrected chi connectivity index (χ1v) is 13.0. The molecule has 0 spiro atoms. The maximum Gasteiger partial charge on any atom is 0.118 e. The van der Waals surface area contributed by atoms with Gasteiger partial charge in [0.2, 0.25) is 0 Å². The Kier molecular flexibility index (Phi) is 6.48. The van der Waals surface area contributed by atoms with Crippen LogP contribution in [-0.4, -0.2) is 24.9 Å². The molecule has 0 amide bonds. The van der Waals surface area contributed by atoms with Crippen molar-refractivity contribution >= 4 is 45.5 Å². The lowest BCUT2D eigenvalue weighted by Crippen LogP contribution is -2.19. The average Bonchev–Trinajstić information content (AvgIpc) is 3.55. The van der Waals surface area contributed by atoms with Crippen molar-refractivity contribution in [2.75, 3.05) is 19.2 Å². The van der Waals surface area contributed by atoms with Crippen molar-refractivity contribution in [1.82, 2.24) is 4.98 Å². The molecule has 0 bridgehead atoms. The number of H-pyrrole nitrogens is 1. The van der Waals surface area contributed by atoms with E-state index in [2.05, 4.69) is 35.3 Å². The molecule has 6 rings (SSSR count). The van der Waals surface area contributed by atoms with Crippen molar-refractivity contribution in [3.8, 4) is 22.8 Å². The van der Waals surface area contributed by atoms with Crippen LogP contribution in [0.4, 0.5) is 5.69 Å². The van der Waals surface area contributed by atoms with Gasteiger partial charge in [-0.05, 0) is 77.9 Å². The number of rotatable bonds is 6. The van der Waals surface area contributed by atoms with Gasteiger partial charge in [0.05, 0.1) is 47.4 Å². The van der Waals surface area contributed by atoms with Gasteiger partial charge >= 0.3 is 0 Å². The fraction of sp³-hybridized carbons (Fsp3) is 0.129. The number of aromatic amines is 1. The zero-order valence-electron chi connectivity index (χ0n) is 20.9. The number of ether oxygens (including phenoxy) is 2. The van der Waals surface area contributed by atoms with Gasteiger partial charge in [-0.2, -0.15) is 5.10 Å². The number of hydrogen-bond acceptors (Lipinski definition) is 4. The summed E-state index contributed by atoms with van der Waals surface area (Å²) in [7, 11) is 3.34. The van der Waals surface area contributed by atoms with Crippen LogP contribution in [0.25, 0.3) is 22.2 Å². The summed E-state index contributed by atoms with van der Waals surface area (Å²) in [6, 6.07) is 29.8. The second kappa shape index (κ2) is 10.1. The number of nitrogens with zero attached hydrogens (tertiary/aromatic N) is 2. The standard InChI is InChI=1S/C31H25Cl2N3O2/c1-37-21-14-10-19(11-15-21)27-18-28(36(35-27)31-24(32)7-5-8-25(31)33)29-23-6-3-4-9-26(23)34-30(29)20-12-16-22(38-2)17-13-20/h3-17,28,34H,18H2,1-2H3. The summed E-state index contributed by atoms with van der Waals surface area (Å²) in [4.78, 5) is 3.66. The quantitative estimate of drug-likeness (QED) is 0.234. The van der Waals surface area contributed by atoms with Crippen LogP contribution >= 0.6 is 23.2 Å². The number of methoxy groups -OCH3 is 2. The Bertz CT molecular complexity index is 1620. The molecule has 1 atom stereocenters. The van der Waals surface area contributed by atoms with Crippen molar-refractivity contribution in [1.29, 1.82) is 0 Å². The summed E-state index contributed by atoms with van der Waals surface area (Å²) in [5.41, 5.74) is 6.92. The highest BCUT2D eigenvalue weighted by atomic mass is 35.5. The molecule has 0 fully saturated rings. The SMILES string of the molecule is COc1ccc(C2=NN(c3c(Cl)cccc3Cl)C(c3c(-c4ccc(OC)cc4)[nH]c4ccccc34)C2)cc1. The van der Waals surface area contributed by atoms with Crippen LogP contribution in [0.2, 0.25) is 10.0 Å². The Morgan fingerprint density at radius 3 is 2.00 bits per heavy atom. The Hall–Kier alpha value is -3.93. The number of nitrogens with one attached hydrogen (secondary N) is 1. The first kappa shape index (κ1) is 24.4. The highest BCUT2D eigenvalue weighted by molar-refractivity contribution is 6.39.